The predicted octanol–water partition coefficient (Wildman–Crippen LogP) is 2.91. The lowest BCUT2D eigenvalue weighted by atomic mass is 9.98. The molecule has 1 aliphatic heterocycles. The van der Waals surface area contributed by atoms with Crippen LogP contribution >= 0.6 is 0 Å². The van der Waals surface area contributed by atoms with Gasteiger partial charge in [-0.05, 0) is 40.5 Å². The minimum absolute atomic E-state index is 0.133. The molecule has 0 bridgehead atoms. The molecule has 2 aromatic heterocycles. The smallest absolute Gasteiger partial charge is 0.410 e. The molecule has 3 rings (SSSR count). The Morgan fingerprint density at radius 2 is 1.89 bits per heavy atom. The Morgan fingerprint density at radius 1 is 1.25 bits per heavy atom. The number of hydrogen-bond acceptors (Lipinski definition) is 6. The van der Waals surface area contributed by atoms with Gasteiger partial charge in [-0.3, -0.25) is 0 Å². The van der Waals surface area contributed by atoms with E-state index < -0.39 is 26.3 Å². The fraction of sp³-hybridized carbons (Fsp3) is 0.579. The first-order valence-electron chi connectivity index (χ1n) is 9.20. The molecule has 0 aromatic carbocycles. The van der Waals surface area contributed by atoms with Gasteiger partial charge in [0.05, 0.1) is 11.9 Å². The molecule has 0 saturated carbocycles. The van der Waals surface area contributed by atoms with Crippen LogP contribution in [0.15, 0.2) is 29.6 Å². The van der Waals surface area contributed by atoms with E-state index in [0.29, 0.717) is 31.6 Å². The number of sulfone groups is 1. The molecule has 1 amide bonds. The van der Waals surface area contributed by atoms with Crippen LogP contribution in [0.4, 0.5) is 4.79 Å². The zero-order valence-electron chi connectivity index (χ0n) is 16.9. The number of nitrogens with zero attached hydrogens (tertiary/aromatic N) is 3. The number of methoxy groups -OCH3 is 1. The molecule has 8 nitrogen and oxygen atoms in total. The number of rotatable bonds is 3. The molecule has 0 aliphatic carbocycles. The minimum Gasteiger partial charge on any atom is -0.495 e. The molecule has 0 atom stereocenters. The third-order valence-corrected chi connectivity index (χ3v) is 7.68. The molecule has 9 heteroatoms. The van der Waals surface area contributed by atoms with E-state index in [1.807, 2.05) is 20.8 Å². The van der Waals surface area contributed by atoms with E-state index in [9.17, 15) is 13.2 Å². The van der Waals surface area contributed by atoms with Crippen LogP contribution in [0.3, 0.4) is 0 Å². The molecular weight excluding hydrogens is 382 g/mol. The van der Waals surface area contributed by atoms with Gasteiger partial charge in [0.15, 0.2) is 9.84 Å². The monoisotopic (exact) mass is 409 g/mol. The highest BCUT2D eigenvalue weighted by Crippen LogP contribution is 2.39. The number of aromatic nitrogens is 2. The van der Waals surface area contributed by atoms with E-state index in [-0.39, 0.29) is 10.6 Å². The van der Waals surface area contributed by atoms with E-state index in [0.717, 1.165) is 0 Å². The molecule has 154 valence electrons. The Bertz CT molecular complexity index is 983. The summed E-state index contributed by atoms with van der Waals surface area (Å²) in [7, 11) is -2.26. The summed E-state index contributed by atoms with van der Waals surface area (Å²) in [4.78, 5) is 18.2. The van der Waals surface area contributed by atoms with Gasteiger partial charge in [-0.2, -0.15) is 0 Å². The van der Waals surface area contributed by atoms with Gasteiger partial charge in [0.2, 0.25) is 0 Å². The first kappa shape index (κ1) is 20.4. The molecule has 0 radical (unpaired) electrons. The number of hydrogen-bond donors (Lipinski definition) is 0. The molecule has 1 fully saturated rings. The standard InChI is InChI=1S/C19H27N3O5S/c1-18(2,3)27-17(23)21-9-6-19(4,7-10-21)28(24,25)15-13-22-11-8-20-16(22)12-14(15)26-5/h8,11-13H,6-7,9-10H2,1-5H3. The van der Waals surface area contributed by atoms with Gasteiger partial charge < -0.3 is 18.8 Å². The van der Waals surface area contributed by atoms with Gasteiger partial charge in [0, 0.05) is 37.7 Å². The van der Waals surface area contributed by atoms with Crippen LogP contribution in [0.5, 0.6) is 5.75 Å². The van der Waals surface area contributed by atoms with E-state index in [1.165, 1.54) is 7.11 Å². The maximum Gasteiger partial charge on any atom is 0.410 e. The molecule has 1 saturated heterocycles. The number of ether oxygens (including phenoxy) is 2. The van der Waals surface area contributed by atoms with Crippen molar-refractivity contribution >= 4 is 21.6 Å². The first-order chi connectivity index (χ1) is 13.0. The van der Waals surface area contributed by atoms with Crippen LogP contribution in [0.25, 0.3) is 5.65 Å². The van der Waals surface area contributed by atoms with E-state index in [2.05, 4.69) is 4.98 Å². The van der Waals surface area contributed by atoms with Crippen LogP contribution in [-0.4, -0.2) is 59.3 Å². The molecule has 3 heterocycles. The van der Waals surface area contributed by atoms with Crippen molar-refractivity contribution in [1.29, 1.82) is 0 Å². The number of amides is 1. The maximum absolute atomic E-state index is 13.5. The number of imidazole rings is 1. The lowest BCUT2D eigenvalue weighted by Crippen LogP contribution is -2.50. The Labute approximate surface area is 165 Å². The lowest BCUT2D eigenvalue weighted by molar-refractivity contribution is 0.0198. The molecule has 2 aromatic rings. The first-order valence-corrected chi connectivity index (χ1v) is 10.7. The maximum atomic E-state index is 13.5. The Kier molecular flexibility index (Phi) is 5.07. The third-order valence-electron chi connectivity index (χ3n) is 5.09. The predicted molar refractivity (Wildman–Crippen MR) is 104 cm³/mol. The summed E-state index contributed by atoms with van der Waals surface area (Å²) < 4.78 is 38.4. The van der Waals surface area contributed by atoms with E-state index >= 15 is 0 Å². The molecule has 0 unspecified atom stereocenters. The molecular formula is C19H27N3O5S. The summed E-state index contributed by atoms with van der Waals surface area (Å²) in [6.45, 7) is 7.79. The number of carbonyl (C=O) groups is 1. The largest absolute Gasteiger partial charge is 0.495 e. The molecule has 0 N–H and O–H groups in total. The second kappa shape index (κ2) is 6.95. The zero-order valence-corrected chi connectivity index (χ0v) is 17.7. The fourth-order valence-electron chi connectivity index (χ4n) is 3.31. The van der Waals surface area contributed by atoms with Gasteiger partial charge in [0.25, 0.3) is 0 Å². The average Bonchev–Trinajstić information content (AvgIpc) is 3.07. The second-order valence-electron chi connectivity index (χ2n) is 8.32. The third kappa shape index (κ3) is 3.67. The number of likely N-dealkylation sites (tertiary alicyclic amines) is 1. The van der Waals surface area contributed by atoms with Crippen molar-refractivity contribution in [3.8, 4) is 5.75 Å². The van der Waals surface area contributed by atoms with E-state index in [4.69, 9.17) is 9.47 Å². The summed E-state index contributed by atoms with van der Waals surface area (Å²) in [6, 6.07) is 1.62. The Morgan fingerprint density at radius 3 is 2.46 bits per heavy atom. The molecule has 28 heavy (non-hydrogen) atoms. The summed E-state index contributed by atoms with van der Waals surface area (Å²) in [5, 5.41) is 0. The minimum atomic E-state index is -3.71. The Balaban J connectivity index is 1.86. The highest BCUT2D eigenvalue weighted by molar-refractivity contribution is 7.93. The number of carbonyl (C=O) groups excluding carboxylic acids is 1. The van der Waals surface area contributed by atoms with Crippen LogP contribution in [0.1, 0.15) is 40.5 Å². The number of piperidine rings is 1. The molecule has 1 aliphatic rings. The van der Waals surface area contributed by atoms with Crippen molar-refractivity contribution in [3.63, 3.8) is 0 Å². The van der Waals surface area contributed by atoms with Crippen LogP contribution < -0.4 is 4.74 Å². The fourth-order valence-corrected chi connectivity index (χ4v) is 5.22. The normalized spacial score (nSPS) is 17.5. The number of pyridine rings is 1. The van der Waals surface area contributed by atoms with Crippen LogP contribution in [-0.2, 0) is 14.6 Å². The van der Waals surface area contributed by atoms with Crippen molar-refractivity contribution in [2.75, 3.05) is 20.2 Å². The Hall–Kier alpha value is -2.29. The SMILES string of the molecule is COc1cc2nccn2cc1S(=O)(=O)C1(C)CCN(C(=O)OC(C)(C)C)CC1. The number of fused-ring (bicyclic) bond motifs is 1. The van der Waals surface area contributed by atoms with Crippen molar-refractivity contribution in [3.05, 3.63) is 24.7 Å². The highest BCUT2D eigenvalue weighted by Gasteiger charge is 2.45. The van der Waals surface area contributed by atoms with Crippen LogP contribution in [0.2, 0.25) is 0 Å². The van der Waals surface area contributed by atoms with Gasteiger partial charge in [-0.1, -0.05) is 0 Å². The van der Waals surface area contributed by atoms with Crippen molar-refractivity contribution in [2.24, 2.45) is 0 Å². The van der Waals surface area contributed by atoms with Crippen molar-refractivity contribution in [1.82, 2.24) is 14.3 Å². The van der Waals surface area contributed by atoms with Gasteiger partial charge in [-0.25, -0.2) is 18.2 Å². The highest BCUT2D eigenvalue weighted by atomic mass is 32.2. The summed E-state index contributed by atoms with van der Waals surface area (Å²) in [6.07, 6.45) is 5.07. The quantitative estimate of drug-likeness (QED) is 0.774. The van der Waals surface area contributed by atoms with Crippen molar-refractivity contribution in [2.45, 2.75) is 55.8 Å². The van der Waals surface area contributed by atoms with Crippen LogP contribution in [0, 0.1) is 0 Å². The lowest BCUT2D eigenvalue weighted by Gasteiger charge is -2.39. The van der Waals surface area contributed by atoms with Gasteiger partial charge in [0.1, 0.15) is 21.9 Å². The topological polar surface area (TPSA) is 90.2 Å². The van der Waals surface area contributed by atoms with Gasteiger partial charge in [-0.15, -0.1) is 0 Å². The van der Waals surface area contributed by atoms with Gasteiger partial charge >= 0.3 is 6.09 Å². The van der Waals surface area contributed by atoms with Crippen molar-refractivity contribution < 1.29 is 22.7 Å². The van der Waals surface area contributed by atoms with E-state index in [1.54, 1.807) is 40.9 Å². The summed E-state index contributed by atoms with van der Waals surface area (Å²) in [5.41, 5.74) is 0.0259. The summed E-state index contributed by atoms with van der Waals surface area (Å²) >= 11 is 0. The molecule has 0 spiro atoms. The zero-order chi connectivity index (χ0) is 20.7. The second-order valence-corrected chi connectivity index (χ2v) is 10.8. The average molecular weight is 410 g/mol. The summed E-state index contributed by atoms with van der Waals surface area (Å²) in [5.74, 6) is 0.273.